The summed E-state index contributed by atoms with van der Waals surface area (Å²) in [6.07, 6.45) is 0. The molecule has 0 aliphatic heterocycles. The lowest BCUT2D eigenvalue weighted by Gasteiger charge is -2.00. The highest BCUT2D eigenvalue weighted by molar-refractivity contribution is 7.79. The Morgan fingerprint density at radius 3 is 1.88 bits per heavy atom. The molecule has 0 aromatic heterocycles. The lowest BCUT2D eigenvalue weighted by molar-refractivity contribution is 0.563. The topological polar surface area (TPSA) is 74.6 Å². The van der Waals surface area contributed by atoms with Gasteiger partial charge in [-0.3, -0.25) is 0 Å². The average Bonchev–Trinajstić information content (AvgIpc) is 2.67. The van der Waals surface area contributed by atoms with Crippen LogP contribution in [0.3, 0.4) is 0 Å². The van der Waals surface area contributed by atoms with Crippen LogP contribution in [0.5, 0.6) is 0 Å². The Hall–Kier alpha value is -2.38. The first kappa shape index (κ1) is 18.4. The minimum atomic E-state index is -1.90. The highest BCUT2D eigenvalue weighted by atomic mass is 32.2. The van der Waals surface area contributed by atoms with E-state index in [2.05, 4.69) is 0 Å². The van der Waals surface area contributed by atoms with Gasteiger partial charge in [-0.2, -0.15) is 0 Å². The van der Waals surface area contributed by atoms with Crippen LogP contribution < -0.4 is 0 Å². The second kappa shape index (κ2) is 8.33. The molecule has 26 heavy (non-hydrogen) atoms. The van der Waals surface area contributed by atoms with E-state index in [1.165, 1.54) is 0 Å². The van der Waals surface area contributed by atoms with Crippen LogP contribution in [0.1, 0.15) is 0 Å². The van der Waals surface area contributed by atoms with E-state index >= 15 is 0 Å². The molecule has 6 heteroatoms. The molecule has 0 radical (unpaired) electrons. The highest BCUT2D eigenvalue weighted by Crippen LogP contribution is 2.20. The first-order valence-corrected chi connectivity index (χ1v) is 9.96. The molecule has 0 aliphatic rings. The van der Waals surface area contributed by atoms with E-state index in [0.29, 0.717) is 9.79 Å². The van der Waals surface area contributed by atoms with Crippen LogP contribution in [0, 0.1) is 0 Å². The quantitative estimate of drug-likeness (QED) is 0.485. The smallest absolute Gasteiger partial charge is 0.187 e. The molecule has 0 amide bonds. The highest BCUT2D eigenvalue weighted by Gasteiger charge is 2.04. The second-order valence-electron chi connectivity index (χ2n) is 5.48. The molecule has 0 heterocycles. The maximum atomic E-state index is 10.9. The average molecular weight is 384 g/mol. The van der Waals surface area contributed by atoms with Crippen molar-refractivity contribution in [2.75, 3.05) is 0 Å². The summed E-state index contributed by atoms with van der Waals surface area (Å²) in [5.74, 6) is 0. The molecule has 4 nitrogen and oxygen atoms in total. The molecule has 0 bridgehead atoms. The van der Waals surface area contributed by atoms with Crippen molar-refractivity contribution in [1.29, 1.82) is 0 Å². The third kappa shape index (κ3) is 4.23. The lowest BCUT2D eigenvalue weighted by atomic mass is 10.1. The van der Waals surface area contributed by atoms with Crippen molar-refractivity contribution in [3.8, 4) is 0 Å². The van der Waals surface area contributed by atoms with Gasteiger partial charge in [-0.05, 0) is 34.4 Å². The molecule has 2 N–H and O–H groups in total. The number of rotatable bonds is 2. The van der Waals surface area contributed by atoms with Crippen molar-refractivity contribution in [2.24, 2.45) is 0 Å². The minimum absolute atomic E-state index is 0.443. The molecule has 0 fully saturated rings. The molecule has 2 atom stereocenters. The molecule has 0 saturated carbocycles. The predicted molar refractivity (Wildman–Crippen MR) is 106 cm³/mol. The summed E-state index contributed by atoms with van der Waals surface area (Å²) in [4.78, 5) is 0.914. The molecular weight excluding hydrogens is 368 g/mol. The van der Waals surface area contributed by atoms with Gasteiger partial charge in [0, 0.05) is 5.39 Å². The number of hydrogen-bond acceptors (Lipinski definition) is 2. The summed E-state index contributed by atoms with van der Waals surface area (Å²) < 4.78 is 39.5. The van der Waals surface area contributed by atoms with E-state index in [1.54, 1.807) is 24.3 Å². The van der Waals surface area contributed by atoms with Crippen LogP contribution >= 0.6 is 0 Å². The predicted octanol–water partition coefficient (Wildman–Crippen LogP) is 4.84. The van der Waals surface area contributed by atoms with Crippen LogP contribution in [-0.2, 0) is 22.2 Å². The third-order valence-electron chi connectivity index (χ3n) is 3.86. The Labute approximate surface area is 156 Å². The first-order chi connectivity index (χ1) is 12.6. The van der Waals surface area contributed by atoms with E-state index in [0.717, 1.165) is 21.5 Å². The molecule has 4 rings (SSSR count). The maximum absolute atomic E-state index is 10.9. The summed E-state index contributed by atoms with van der Waals surface area (Å²) in [6, 6.07) is 25.9. The van der Waals surface area contributed by atoms with Crippen LogP contribution in [0.25, 0.3) is 21.5 Å². The van der Waals surface area contributed by atoms with Gasteiger partial charge in [-0.1, -0.05) is 66.7 Å². The fourth-order valence-electron chi connectivity index (χ4n) is 2.62. The summed E-state index contributed by atoms with van der Waals surface area (Å²) in [7, 11) is 0. The Kier molecular flexibility index (Phi) is 5.90. The lowest BCUT2D eigenvalue weighted by Crippen LogP contribution is -1.89. The molecule has 0 saturated heterocycles. The number of benzene rings is 4. The van der Waals surface area contributed by atoms with Crippen molar-refractivity contribution in [2.45, 2.75) is 9.79 Å². The SMILES string of the molecule is O=S(O)c1ccc2ccccc2c1.O=S(O)c1cccc2ccccc12. The normalized spacial score (nSPS) is 13.0. The molecule has 0 spiro atoms. The fraction of sp³-hybridized carbons (Fsp3) is 0. The Balaban J connectivity index is 0.000000151. The van der Waals surface area contributed by atoms with E-state index in [9.17, 15) is 8.42 Å². The van der Waals surface area contributed by atoms with Crippen molar-refractivity contribution in [3.05, 3.63) is 84.9 Å². The maximum Gasteiger partial charge on any atom is 0.187 e. The summed E-state index contributed by atoms with van der Waals surface area (Å²) in [5.41, 5.74) is 0. The number of fused-ring (bicyclic) bond motifs is 2. The summed E-state index contributed by atoms with van der Waals surface area (Å²) in [6.45, 7) is 0. The van der Waals surface area contributed by atoms with Crippen LogP contribution in [0.2, 0.25) is 0 Å². The Morgan fingerprint density at radius 1 is 0.577 bits per heavy atom. The van der Waals surface area contributed by atoms with Gasteiger partial charge in [0.05, 0.1) is 9.79 Å². The van der Waals surface area contributed by atoms with Gasteiger partial charge in [0.15, 0.2) is 22.2 Å². The van der Waals surface area contributed by atoms with Crippen molar-refractivity contribution in [3.63, 3.8) is 0 Å². The van der Waals surface area contributed by atoms with E-state index in [1.807, 2.05) is 60.7 Å². The number of hydrogen-bond donors (Lipinski definition) is 2. The molecule has 132 valence electrons. The van der Waals surface area contributed by atoms with Crippen molar-refractivity contribution in [1.82, 2.24) is 0 Å². The molecule has 4 aromatic rings. The van der Waals surface area contributed by atoms with Gasteiger partial charge < -0.3 is 9.11 Å². The zero-order valence-corrected chi connectivity index (χ0v) is 15.2. The van der Waals surface area contributed by atoms with E-state index in [4.69, 9.17) is 9.11 Å². The zero-order chi connectivity index (χ0) is 18.5. The summed E-state index contributed by atoms with van der Waals surface area (Å²) in [5, 5.41) is 3.90. The van der Waals surface area contributed by atoms with E-state index < -0.39 is 22.2 Å². The van der Waals surface area contributed by atoms with Gasteiger partial charge >= 0.3 is 0 Å². The van der Waals surface area contributed by atoms with Crippen molar-refractivity contribution >= 4 is 43.7 Å². The van der Waals surface area contributed by atoms with Gasteiger partial charge in [0.25, 0.3) is 0 Å². The van der Waals surface area contributed by atoms with E-state index in [-0.39, 0.29) is 0 Å². The fourth-order valence-corrected chi connectivity index (χ4v) is 3.61. The Bertz CT molecular complexity index is 1100. The van der Waals surface area contributed by atoms with Crippen LogP contribution in [0.15, 0.2) is 94.7 Å². The largest absolute Gasteiger partial charge is 0.302 e. The van der Waals surface area contributed by atoms with Gasteiger partial charge in [-0.25, -0.2) is 8.42 Å². The molecule has 0 aliphatic carbocycles. The molecule has 4 aromatic carbocycles. The summed E-state index contributed by atoms with van der Waals surface area (Å²) >= 11 is -3.79. The Morgan fingerprint density at radius 2 is 1.19 bits per heavy atom. The van der Waals surface area contributed by atoms with Crippen LogP contribution in [-0.4, -0.2) is 17.5 Å². The van der Waals surface area contributed by atoms with Crippen molar-refractivity contribution < 1.29 is 17.5 Å². The first-order valence-electron chi connectivity index (χ1n) is 7.74. The minimum Gasteiger partial charge on any atom is -0.302 e. The zero-order valence-electron chi connectivity index (χ0n) is 13.6. The van der Waals surface area contributed by atoms with Gasteiger partial charge in [-0.15, -0.1) is 0 Å². The monoisotopic (exact) mass is 384 g/mol. The standard InChI is InChI=1S/2C10H8O2S/c11-13(12)10-7-3-5-8-4-1-2-6-9(8)10;11-13(12)10-6-5-8-3-1-2-4-9(8)7-10/h2*1-7H,(H,11,12). The van der Waals surface area contributed by atoms with Gasteiger partial charge in [0.2, 0.25) is 0 Å². The molecule has 2 unspecified atom stereocenters. The second-order valence-corrected chi connectivity index (χ2v) is 7.39. The molecular formula is C20H16O4S2. The third-order valence-corrected chi connectivity index (χ3v) is 5.25. The van der Waals surface area contributed by atoms with Gasteiger partial charge in [0.1, 0.15) is 0 Å². The van der Waals surface area contributed by atoms with Crippen LogP contribution in [0.4, 0.5) is 0 Å².